The number of carbonyl (C=O) groups is 5. The maximum absolute atomic E-state index is 15.2. The molecule has 544 valence electrons. The number of hydrogen-bond donors (Lipinski definition) is 24. The molecule has 6 aliphatic rings. The highest BCUT2D eigenvalue weighted by Crippen LogP contribution is 2.32. The molecule has 98 heavy (non-hydrogen) atoms. The van der Waals surface area contributed by atoms with Crippen molar-refractivity contribution in [3.05, 3.63) is 65.7 Å². The van der Waals surface area contributed by atoms with E-state index in [0.29, 0.717) is 12.0 Å². The van der Waals surface area contributed by atoms with Crippen LogP contribution in [0.1, 0.15) is 56.6 Å². The second kappa shape index (κ2) is 34.4. The van der Waals surface area contributed by atoms with Gasteiger partial charge in [0.05, 0.1) is 26.4 Å². The maximum atomic E-state index is 15.2. The van der Waals surface area contributed by atoms with Gasteiger partial charge in [-0.15, -0.1) is 0 Å². The molecular weight excluding hydrogens is 1300 g/mol. The minimum atomic E-state index is -2.30. The van der Waals surface area contributed by atoms with Gasteiger partial charge in [-0.3, -0.25) is 56.1 Å². The molecule has 0 bridgehead atoms. The first-order valence-corrected chi connectivity index (χ1v) is 31.9. The quantitative estimate of drug-likeness (QED) is 0.0296. The lowest BCUT2D eigenvalue weighted by molar-refractivity contribution is -0.663. The Labute approximate surface area is 559 Å². The highest BCUT2D eigenvalue weighted by atomic mass is 16.7. The Hall–Kier alpha value is -7.61. The summed E-state index contributed by atoms with van der Waals surface area (Å²) in [6.07, 6.45) is -29.6. The zero-order valence-corrected chi connectivity index (χ0v) is 53.3. The first-order chi connectivity index (χ1) is 46.7. The monoisotopic (exact) mass is 1390 g/mol. The molecule has 2 aromatic rings. The number of aliphatic imine (C=N–C) groups is 1. The van der Waals surface area contributed by atoms with Crippen molar-refractivity contribution in [2.24, 2.45) is 16.5 Å². The van der Waals surface area contributed by atoms with Crippen LogP contribution in [-0.4, -0.2) is 322 Å². The van der Waals surface area contributed by atoms with Gasteiger partial charge in [-0.1, -0.05) is 69.2 Å². The van der Waals surface area contributed by atoms with Gasteiger partial charge in [0.1, 0.15) is 141 Å². The molecule has 3 saturated heterocycles. The van der Waals surface area contributed by atoms with E-state index >= 15 is 9.59 Å². The number of nitrogens with two attached hydrogens (primary N) is 2. The van der Waals surface area contributed by atoms with E-state index in [1.54, 1.807) is 37.3 Å². The molecule has 8 rings (SSSR count). The molecular formula is C60H90N12O26+2. The highest BCUT2D eigenvalue weighted by molar-refractivity contribution is 5.97. The summed E-state index contributed by atoms with van der Waals surface area (Å²) >= 11 is 0. The van der Waals surface area contributed by atoms with Gasteiger partial charge in [-0.2, -0.15) is 0 Å². The molecule has 25 atom stereocenters. The van der Waals surface area contributed by atoms with Crippen molar-refractivity contribution in [1.82, 2.24) is 31.9 Å². The number of nitrogens with one attached hydrogen (secondary N) is 8. The molecule has 0 aromatic heterocycles. The van der Waals surface area contributed by atoms with Crippen LogP contribution in [-0.2, 0) is 54.1 Å². The fourth-order valence-electron chi connectivity index (χ4n) is 12.0. The van der Waals surface area contributed by atoms with Crippen molar-refractivity contribution in [2.45, 2.75) is 198 Å². The molecule has 0 spiro atoms. The van der Waals surface area contributed by atoms with Crippen molar-refractivity contribution in [1.29, 1.82) is 0 Å². The smallest absolute Gasteiger partial charge is 0.358 e. The zero-order valence-electron chi connectivity index (χ0n) is 53.3. The molecule has 6 heterocycles. The molecule has 2 aromatic carbocycles. The number of esters is 1. The standard InChI is InChI=1S/C60H88N12O26/c1-3-4-6-11-36(77)93-23-34-43(81)45(83)48(86)58(97-34)98-50-33(22-75)96-57(49(87)46(50)84)94-27-14-12-25(13-15-27)16-28-52(89)70-38(40(78)29-17-64-59(61)68-29)55(92)71-39(41(79)31-18-65-60(62)72(31)56-47(85)44(82)42(80)32(21-74)95-56)54(91)67-30(20-73)51(88)63-19-35(76)69-37(53(90)66-28)24(2)26-9-7-5-8-10-26/h5,7-10,12-15,24,28-34,37-50,56-58,73-75,78-87H,3-4,6,11,16-23H2,1-2H3,(H11,61,62,63,64,65,66,67,68,69,70,71,76,88,89,90,91,92)/p+2/t24-,28-,29+,30?,31+,32+,33-,34+,37-,38+,39-,40-,41-,42+,43+,44+,45+,46+,47+,48+,49-,50-,56-,57+,58+/m1/s1. The van der Waals surface area contributed by atoms with Crippen LogP contribution < -0.4 is 63.2 Å². The first-order valence-electron chi connectivity index (χ1n) is 31.9. The number of benzene rings is 2. The normalized spacial score (nSPS) is 35.6. The van der Waals surface area contributed by atoms with Gasteiger partial charge < -0.3 is 126 Å². The van der Waals surface area contributed by atoms with Crippen molar-refractivity contribution in [3.63, 3.8) is 0 Å². The average Bonchev–Trinajstić information content (AvgIpc) is 1.43. The topological polar surface area (TPSA) is 615 Å². The second-order valence-corrected chi connectivity index (χ2v) is 24.6. The van der Waals surface area contributed by atoms with E-state index in [2.05, 4.69) is 46.9 Å². The fourth-order valence-corrected chi connectivity index (χ4v) is 12.0. The number of carbonyl (C=O) groups excluding carboxylic acids is 5. The number of amides is 4. The Kier molecular flexibility index (Phi) is 26.8. The number of unbranched alkanes of at least 4 members (excludes halogenated alkanes) is 2. The Morgan fingerprint density at radius 3 is 1.98 bits per heavy atom. The number of guanidine groups is 2. The van der Waals surface area contributed by atoms with Crippen LogP contribution in [0.4, 0.5) is 0 Å². The first kappa shape index (κ1) is 76.1. The predicted molar refractivity (Wildman–Crippen MR) is 329 cm³/mol. The Bertz CT molecular complexity index is 3160. The third kappa shape index (κ3) is 18.0. The van der Waals surface area contributed by atoms with Crippen LogP contribution >= 0.6 is 0 Å². The van der Waals surface area contributed by atoms with Crippen LogP contribution in [0.2, 0.25) is 0 Å². The van der Waals surface area contributed by atoms with E-state index in [9.17, 15) is 91.0 Å². The van der Waals surface area contributed by atoms with E-state index in [1.165, 1.54) is 24.3 Å². The number of rotatable bonds is 22. The fraction of sp³-hybridized carbons (Fsp3) is 0.650. The summed E-state index contributed by atoms with van der Waals surface area (Å²) in [6, 6.07) is 0.994. The maximum Gasteiger partial charge on any atom is 0.358 e. The van der Waals surface area contributed by atoms with E-state index in [4.69, 9.17) is 39.9 Å². The van der Waals surface area contributed by atoms with Crippen LogP contribution in [0.5, 0.6) is 5.75 Å². The van der Waals surface area contributed by atoms with Gasteiger partial charge in [0.25, 0.3) is 0 Å². The Morgan fingerprint density at radius 2 is 1.33 bits per heavy atom. The van der Waals surface area contributed by atoms with Gasteiger partial charge >= 0.3 is 23.8 Å². The molecule has 4 amide bonds. The number of aliphatic hydroxyl groups is 14. The molecule has 3 fully saturated rings. The van der Waals surface area contributed by atoms with E-state index in [-0.39, 0.29) is 36.2 Å². The van der Waals surface area contributed by atoms with Crippen LogP contribution in [0, 0.1) is 0 Å². The summed E-state index contributed by atoms with van der Waals surface area (Å²) < 4.78 is 35.1. The summed E-state index contributed by atoms with van der Waals surface area (Å²) in [6.45, 7) is -1.46. The number of hydrogen-bond acceptors (Lipinski definition) is 30. The molecule has 38 nitrogen and oxygen atoms in total. The Balaban J connectivity index is 1.09. The lowest BCUT2D eigenvalue weighted by atomic mass is 9.92. The van der Waals surface area contributed by atoms with Crippen molar-refractivity contribution >= 4 is 53.3 Å². The molecule has 0 saturated carbocycles. The minimum absolute atomic E-state index is 0.0706. The van der Waals surface area contributed by atoms with Gasteiger partial charge in [-0.05, 0) is 29.7 Å². The number of aliphatic hydroxyl groups excluding tert-OH is 14. The molecule has 6 aliphatic heterocycles. The van der Waals surface area contributed by atoms with Crippen molar-refractivity contribution in [3.8, 4) is 5.75 Å². The third-order valence-electron chi connectivity index (χ3n) is 17.8. The van der Waals surface area contributed by atoms with Gasteiger partial charge in [0.2, 0.25) is 36.1 Å². The predicted octanol–water partition coefficient (Wildman–Crippen LogP) is -15.5. The summed E-state index contributed by atoms with van der Waals surface area (Å²) in [5.41, 5.74) is 13.0. The van der Waals surface area contributed by atoms with E-state index < -0.39 is 240 Å². The van der Waals surface area contributed by atoms with Gasteiger partial charge in [-0.25, -0.2) is 9.57 Å². The van der Waals surface area contributed by atoms with Crippen molar-refractivity contribution in [2.75, 3.05) is 46.1 Å². The lowest BCUT2D eigenvalue weighted by Crippen LogP contribution is -2.80. The van der Waals surface area contributed by atoms with E-state index in [0.717, 1.165) is 17.4 Å². The molecule has 1 unspecified atom stereocenters. The summed E-state index contributed by atoms with van der Waals surface area (Å²) in [5.74, 6) is -9.20. The largest absolute Gasteiger partial charge is 0.858 e. The highest BCUT2D eigenvalue weighted by Gasteiger charge is 2.55. The summed E-state index contributed by atoms with van der Waals surface area (Å²) in [5, 5.41) is 183. The number of ether oxygens (including phenoxy) is 6. The molecule has 0 aliphatic carbocycles. The van der Waals surface area contributed by atoms with Crippen LogP contribution in [0.15, 0.2) is 59.6 Å². The average molecular weight is 1400 g/mol. The van der Waals surface area contributed by atoms with Gasteiger partial charge in [0, 0.05) is 24.7 Å². The molecule has 0 radical (unpaired) electrons. The zero-order chi connectivity index (χ0) is 71.4. The molecule has 38 heteroatoms. The second-order valence-electron chi connectivity index (χ2n) is 24.6. The Morgan fingerprint density at radius 1 is 0.704 bits per heavy atom. The van der Waals surface area contributed by atoms with Gasteiger partial charge in [0.15, 0.2) is 18.9 Å². The van der Waals surface area contributed by atoms with Crippen LogP contribution in [0.3, 0.4) is 0 Å². The SMILES string of the molecule is CCCCCC(=O)OC[C@@H]1O[C@@H](O[C@H]2[C@@H](O)[C@@H](O)[C@@H](Oc3ccc(C[C@H]4NC(=O)[C@@H]([C@H](C)c5ccccc5)N=C([O-])C[NH+]=C(O)C(CO)NC(=O)[C@@H]([C@H](O)[C@@H]5CNC(N)=[N+]5[C@@H]5O[C@@H](CO)[C@H](O)[C@H](O)[C@@H]5O)NC(=O)[C@H]([C@H](O)[C@@H]5C[NH+]=C(N)N5)NC4=O)cc3)O[C@@H]2CO)[C@@H](O)[C@@H](O)[C@H]1O. The summed E-state index contributed by atoms with van der Waals surface area (Å²) in [7, 11) is 0. The molecule has 26 N–H and O–H groups in total. The summed E-state index contributed by atoms with van der Waals surface area (Å²) in [4.78, 5) is 81.4. The third-order valence-corrected chi connectivity index (χ3v) is 17.8. The number of nitrogens with zero attached hydrogens (tertiary/aromatic N) is 2. The van der Waals surface area contributed by atoms with Crippen LogP contribution in [0.25, 0.3) is 0 Å². The van der Waals surface area contributed by atoms with E-state index in [1.807, 2.05) is 6.92 Å². The van der Waals surface area contributed by atoms with Crippen molar-refractivity contribution < 1.29 is 144 Å². The lowest BCUT2D eigenvalue weighted by Gasteiger charge is -2.45. The minimum Gasteiger partial charge on any atom is -0.858 e.